The molecule has 0 fully saturated rings. The van der Waals surface area contributed by atoms with Crippen molar-refractivity contribution in [2.45, 2.75) is 6.42 Å². The summed E-state index contributed by atoms with van der Waals surface area (Å²) in [6.07, 6.45) is 3.15. The predicted octanol–water partition coefficient (Wildman–Crippen LogP) is 13.9. The maximum Gasteiger partial charge on any atom is 0.0541 e. The highest BCUT2D eigenvalue weighted by Crippen LogP contribution is 2.41. The van der Waals surface area contributed by atoms with Gasteiger partial charge in [-0.25, -0.2) is 0 Å². The lowest BCUT2D eigenvalue weighted by molar-refractivity contribution is 1.17. The molecule has 10 aromatic rings. The Hall–Kier alpha value is -6.96. The van der Waals surface area contributed by atoms with Crippen molar-refractivity contribution in [1.82, 2.24) is 4.57 Å². The van der Waals surface area contributed by atoms with Crippen LogP contribution in [0.2, 0.25) is 0 Å². The van der Waals surface area contributed by atoms with Gasteiger partial charge in [-0.1, -0.05) is 176 Å². The van der Waals surface area contributed by atoms with Gasteiger partial charge in [0, 0.05) is 16.5 Å². The molecule has 0 unspecified atom stereocenters. The van der Waals surface area contributed by atoms with Crippen LogP contribution in [0.5, 0.6) is 0 Å². The molecule has 10 rings (SSSR count). The fraction of sp³-hybridized carbons (Fsp3) is 0.0189. The highest BCUT2D eigenvalue weighted by atomic mass is 15.0. The number of fused-ring (bicyclic) bond motifs is 5. The molecular formula is C53H37N. The van der Waals surface area contributed by atoms with Crippen molar-refractivity contribution in [2.24, 2.45) is 0 Å². The van der Waals surface area contributed by atoms with E-state index >= 15 is 0 Å². The van der Waals surface area contributed by atoms with E-state index in [4.69, 9.17) is 0 Å². The van der Waals surface area contributed by atoms with Crippen molar-refractivity contribution in [3.8, 4) is 16.8 Å². The van der Waals surface area contributed by atoms with Crippen LogP contribution in [-0.2, 0) is 6.42 Å². The van der Waals surface area contributed by atoms with Crippen LogP contribution >= 0.6 is 0 Å². The van der Waals surface area contributed by atoms with Crippen LogP contribution in [0.25, 0.3) is 71.8 Å². The van der Waals surface area contributed by atoms with Gasteiger partial charge in [-0.3, -0.25) is 0 Å². The number of nitrogens with zero attached hydrogens (tertiary/aromatic N) is 1. The molecule has 0 N–H and O–H groups in total. The number of para-hydroxylation sites is 2. The van der Waals surface area contributed by atoms with Crippen LogP contribution < -0.4 is 0 Å². The number of benzene rings is 9. The maximum absolute atomic E-state index is 2.42. The highest BCUT2D eigenvalue weighted by molar-refractivity contribution is 6.15. The molecule has 0 aliphatic carbocycles. The summed E-state index contributed by atoms with van der Waals surface area (Å²) in [5.41, 5.74) is 13.6. The predicted molar refractivity (Wildman–Crippen MR) is 230 cm³/mol. The quantitative estimate of drug-likeness (QED) is 0.116. The van der Waals surface area contributed by atoms with Crippen LogP contribution in [0.1, 0.15) is 27.8 Å². The third kappa shape index (κ3) is 5.59. The second-order valence-electron chi connectivity index (χ2n) is 14.1. The average molecular weight is 688 g/mol. The first-order valence-corrected chi connectivity index (χ1v) is 18.7. The molecule has 0 spiro atoms. The molecule has 0 aliphatic rings. The largest absolute Gasteiger partial charge is 0.309 e. The molecule has 0 saturated heterocycles. The molecule has 0 saturated carbocycles. The SMILES string of the molecule is C(=C(c1ccccc1)c1ccccc1)c1ccc(-c2c3ccccc3c(Cc3ccc4c(c3)c3ccccc3n4-c3ccccc3)c3ccccc23)cc1. The topological polar surface area (TPSA) is 4.93 Å². The zero-order chi connectivity index (χ0) is 35.8. The van der Waals surface area contributed by atoms with E-state index < -0.39 is 0 Å². The van der Waals surface area contributed by atoms with E-state index in [2.05, 4.69) is 217 Å². The average Bonchev–Trinajstić information content (AvgIpc) is 3.58. The third-order valence-corrected chi connectivity index (χ3v) is 10.9. The van der Waals surface area contributed by atoms with E-state index in [1.165, 1.54) is 93.6 Å². The fourth-order valence-corrected chi connectivity index (χ4v) is 8.39. The van der Waals surface area contributed by atoms with Gasteiger partial charge in [-0.15, -0.1) is 0 Å². The minimum absolute atomic E-state index is 0.841. The van der Waals surface area contributed by atoms with Gasteiger partial charge in [0.25, 0.3) is 0 Å². The number of hydrogen-bond acceptors (Lipinski definition) is 0. The molecule has 0 aliphatic heterocycles. The summed E-state index contributed by atoms with van der Waals surface area (Å²) in [5.74, 6) is 0. The Morgan fingerprint density at radius 1 is 0.407 bits per heavy atom. The molecule has 0 atom stereocenters. The van der Waals surface area contributed by atoms with Gasteiger partial charge in [0.2, 0.25) is 0 Å². The van der Waals surface area contributed by atoms with Crippen LogP contribution in [0.4, 0.5) is 0 Å². The summed E-state index contributed by atoms with van der Waals surface area (Å²) in [7, 11) is 0. The Labute approximate surface area is 315 Å². The lowest BCUT2D eigenvalue weighted by atomic mass is 9.86. The van der Waals surface area contributed by atoms with Crippen LogP contribution in [0.3, 0.4) is 0 Å². The molecule has 254 valence electrons. The van der Waals surface area contributed by atoms with Gasteiger partial charge in [0.1, 0.15) is 0 Å². The zero-order valence-corrected chi connectivity index (χ0v) is 29.9. The molecule has 1 aromatic heterocycles. The van der Waals surface area contributed by atoms with Gasteiger partial charge in [-0.2, -0.15) is 0 Å². The summed E-state index contributed by atoms with van der Waals surface area (Å²) in [6, 6.07) is 74.9. The van der Waals surface area contributed by atoms with Crippen molar-refractivity contribution in [3.05, 3.63) is 234 Å². The lowest BCUT2D eigenvalue weighted by Crippen LogP contribution is -1.96. The Bertz CT molecular complexity index is 2870. The molecule has 0 amide bonds. The molecule has 0 radical (unpaired) electrons. The minimum atomic E-state index is 0.841. The standard InChI is InChI=1S/C53H37N/c1-4-16-39(17-5-1)48(40-18-6-2-7-19-40)34-37-28-31-41(32-29-37)53-46-25-12-10-22-43(46)49(44-23-11-13-26-47(44)53)35-38-30-33-52-50(36-38)45-24-14-15-27-51(45)54(52)42-20-8-3-9-21-42/h1-34,36H,35H2. The number of hydrogen-bond donors (Lipinski definition) is 0. The third-order valence-electron chi connectivity index (χ3n) is 10.9. The molecule has 1 heterocycles. The first kappa shape index (κ1) is 31.7. The Kier molecular flexibility index (Phi) is 7.96. The van der Waals surface area contributed by atoms with Crippen LogP contribution in [0, 0.1) is 0 Å². The molecule has 54 heavy (non-hydrogen) atoms. The Balaban J connectivity index is 1.09. The lowest BCUT2D eigenvalue weighted by Gasteiger charge is -2.18. The van der Waals surface area contributed by atoms with Crippen molar-refractivity contribution in [2.75, 3.05) is 0 Å². The normalized spacial score (nSPS) is 11.4. The summed E-state index contributed by atoms with van der Waals surface area (Å²) >= 11 is 0. The van der Waals surface area contributed by atoms with Gasteiger partial charge < -0.3 is 4.57 Å². The maximum atomic E-state index is 2.42. The van der Waals surface area contributed by atoms with Crippen LogP contribution in [-0.4, -0.2) is 4.57 Å². The fourth-order valence-electron chi connectivity index (χ4n) is 8.39. The van der Waals surface area contributed by atoms with Crippen molar-refractivity contribution in [3.63, 3.8) is 0 Å². The van der Waals surface area contributed by atoms with E-state index in [1.807, 2.05) is 0 Å². The zero-order valence-electron chi connectivity index (χ0n) is 29.9. The molecule has 1 heteroatoms. The Morgan fingerprint density at radius 3 is 1.52 bits per heavy atom. The first-order valence-electron chi connectivity index (χ1n) is 18.7. The molecular weight excluding hydrogens is 651 g/mol. The summed E-state index contributed by atoms with van der Waals surface area (Å²) in [6.45, 7) is 0. The minimum Gasteiger partial charge on any atom is -0.309 e. The van der Waals surface area contributed by atoms with Crippen molar-refractivity contribution in [1.29, 1.82) is 0 Å². The molecule has 9 aromatic carbocycles. The second kappa shape index (κ2) is 13.5. The van der Waals surface area contributed by atoms with E-state index in [0.717, 1.165) is 6.42 Å². The van der Waals surface area contributed by atoms with E-state index in [9.17, 15) is 0 Å². The van der Waals surface area contributed by atoms with Crippen molar-refractivity contribution < 1.29 is 0 Å². The number of rotatable bonds is 7. The second-order valence-corrected chi connectivity index (χ2v) is 14.1. The summed E-state index contributed by atoms with van der Waals surface area (Å²) in [4.78, 5) is 0. The highest BCUT2D eigenvalue weighted by Gasteiger charge is 2.17. The van der Waals surface area contributed by atoms with Gasteiger partial charge in [-0.05, 0) is 109 Å². The van der Waals surface area contributed by atoms with E-state index in [1.54, 1.807) is 0 Å². The summed E-state index contributed by atoms with van der Waals surface area (Å²) in [5, 5.41) is 7.74. The van der Waals surface area contributed by atoms with E-state index in [-0.39, 0.29) is 0 Å². The summed E-state index contributed by atoms with van der Waals surface area (Å²) < 4.78 is 2.39. The smallest absolute Gasteiger partial charge is 0.0541 e. The van der Waals surface area contributed by atoms with Gasteiger partial charge in [0.05, 0.1) is 11.0 Å². The van der Waals surface area contributed by atoms with Crippen molar-refractivity contribution >= 4 is 55.0 Å². The van der Waals surface area contributed by atoms with E-state index in [0.29, 0.717) is 0 Å². The van der Waals surface area contributed by atoms with Gasteiger partial charge >= 0.3 is 0 Å². The molecule has 0 bridgehead atoms. The number of aromatic nitrogens is 1. The Morgan fingerprint density at radius 2 is 0.907 bits per heavy atom. The van der Waals surface area contributed by atoms with Crippen LogP contribution in [0.15, 0.2) is 206 Å². The van der Waals surface area contributed by atoms with Gasteiger partial charge in [0.15, 0.2) is 0 Å². The molecule has 1 nitrogen and oxygen atoms in total. The first-order chi connectivity index (χ1) is 26.8. The monoisotopic (exact) mass is 687 g/mol.